The van der Waals surface area contributed by atoms with Crippen LogP contribution in [0.25, 0.3) is 22.5 Å². The van der Waals surface area contributed by atoms with Gasteiger partial charge in [0, 0.05) is 28.9 Å². The van der Waals surface area contributed by atoms with Gasteiger partial charge < -0.3 is 10.2 Å². The highest BCUT2D eigenvalue weighted by Crippen LogP contribution is 2.38. The van der Waals surface area contributed by atoms with Gasteiger partial charge in [0.25, 0.3) is 0 Å². The number of aliphatic hydroxyl groups is 1. The van der Waals surface area contributed by atoms with Crippen LogP contribution in [-0.2, 0) is 6.42 Å². The molecule has 4 heteroatoms. The molecule has 158 valence electrons. The minimum absolute atomic E-state index is 0.106. The third-order valence-electron chi connectivity index (χ3n) is 5.97. The topological polar surface area (TPSA) is 66.2 Å². The maximum atomic E-state index is 11.2. The molecule has 0 amide bonds. The minimum atomic E-state index is -0.836. The monoisotopic (exact) mass is 404 g/mol. The summed E-state index contributed by atoms with van der Waals surface area (Å²) in [6, 6.07) is 15.4. The Morgan fingerprint density at radius 2 is 1.37 bits per heavy atom. The van der Waals surface area contributed by atoms with Gasteiger partial charge in [-0.15, -0.1) is 0 Å². The van der Waals surface area contributed by atoms with E-state index in [1.54, 1.807) is 0 Å². The summed E-state index contributed by atoms with van der Waals surface area (Å²) < 4.78 is 0. The number of phenols is 1. The molecule has 2 N–H and O–H groups in total. The Labute approximate surface area is 179 Å². The number of rotatable bonds is 6. The fraction of sp³-hybridized carbons (Fsp3) is 0.385. The van der Waals surface area contributed by atoms with E-state index < -0.39 is 5.60 Å². The molecule has 2 aromatic heterocycles. The molecule has 2 heterocycles. The lowest BCUT2D eigenvalue weighted by Gasteiger charge is -2.36. The first-order valence-electron chi connectivity index (χ1n) is 10.6. The van der Waals surface area contributed by atoms with Gasteiger partial charge in [-0.25, -0.2) is 0 Å². The van der Waals surface area contributed by atoms with Crippen molar-refractivity contribution in [3.63, 3.8) is 0 Å². The van der Waals surface area contributed by atoms with Crippen LogP contribution in [0.2, 0.25) is 0 Å². The molecule has 0 fully saturated rings. The lowest BCUT2D eigenvalue weighted by atomic mass is 9.77. The summed E-state index contributed by atoms with van der Waals surface area (Å²) in [7, 11) is 0. The number of hydrogen-bond acceptors (Lipinski definition) is 4. The summed E-state index contributed by atoms with van der Waals surface area (Å²) in [5.41, 5.74) is 4.70. The van der Waals surface area contributed by atoms with Gasteiger partial charge in [0.2, 0.25) is 0 Å². The number of phenolic OH excluding ortho intramolecular Hbond substituents is 1. The maximum absolute atomic E-state index is 11.2. The third kappa shape index (κ3) is 4.39. The van der Waals surface area contributed by atoms with Crippen LogP contribution >= 0.6 is 0 Å². The van der Waals surface area contributed by atoms with E-state index in [2.05, 4.69) is 4.98 Å². The summed E-state index contributed by atoms with van der Waals surface area (Å²) in [6.07, 6.45) is 0.467. The molecule has 3 aromatic rings. The Kier molecular flexibility index (Phi) is 6.27. The van der Waals surface area contributed by atoms with Crippen molar-refractivity contribution in [3.8, 4) is 28.3 Å². The first-order chi connectivity index (χ1) is 14.1. The Bertz CT molecular complexity index is 1030. The third-order valence-corrected chi connectivity index (χ3v) is 5.97. The normalized spacial score (nSPS) is 12.0. The number of nitrogens with zero attached hydrogens (tertiary/aromatic N) is 2. The Hall–Kier alpha value is -2.72. The summed E-state index contributed by atoms with van der Waals surface area (Å²) in [5.74, 6) is 0.384. The molecule has 0 atom stereocenters. The molecule has 1 aromatic carbocycles. The first-order valence-corrected chi connectivity index (χ1v) is 10.6. The van der Waals surface area contributed by atoms with Crippen LogP contribution in [0.4, 0.5) is 0 Å². The molecule has 0 unspecified atom stereocenters. The van der Waals surface area contributed by atoms with Crippen molar-refractivity contribution >= 4 is 0 Å². The quantitative estimate of drug-likeness (QED) is 0.551. The molecule has 4 nitrogen and oxygen atoms in total. The van der Waals surface area contributed by atoms with E-state index >= 15 is 0 Å². The molecule has 0 spiro atoms. The highest BCUT2D eigenvalue weighted by atomic mass is 16.3. The molecule has 0 aliphatic rings. The second-order valence-corrected chi connectivity index (χ2v) is 8.86. The van der Waals surface area contributed by atoms with E-state index in [9.17, 15) is 10.2 Å². The SMILES string of the molecule is Cc1cc(-c2cccc(C)n2)c(O)c(-c2cccc(CC(O)(C(C)C)C(C)C)n2)c1. The Morgan fingerprint density at radius 3 is 1.90 bits per heavy atom. The zero-order valence-corrected chi connectivity index (χ0v) is 18.8. The van der Waals surface area contributed by atoms with Crippen LogP contribution in [0.3, 0.4) is 0 Å². The van der Waals surface area contributed by atoms with Crippen LogP contribution in [-0.4, -0.2) is 25.8 Å². The number of aryl methyl sites for hydroxylation is 2. The van der Waals surface area contributed by atoms with E-state index in [1.165, 1.54) is 0 Å². The largest absolute Gasteiger partial charge is 0.507 e. The van der Waals surface area contributed by atoms with Crippen LogP contribution in [0.1, 0.15) is 44.6 Å². The standard InChI is InChI=1S/C26H32N2O2/c1-16(2)26(30,17(3)4)15-20-10-8-12-24(28-20)22-14-18(5)13-21(25(22)29)23-11-7-9-19(6)27-23/h7-14,16-17,29-30H,15H2,1-6H3. The number of hydrogen-bond donors (Lipinski definition) is 2. The van der Waals surface area contributed by atoms with Crippen molar-refractivity contribution < 1.29 is 10.2 Å². The number of benzene rings is 1. The number of aromatic hydroxyl groups is 1. The summed E-state index contributed by atoms with van der Waals surface area (Å²) >= 11 is 0. The average Bonchev–Trinajstić information content (AvgIpc) is 2.69. The van der Waals surface area contributed by atoms with Crippen molar-refractivity contribution in [1.82, 2.24) is 9.97 Å². The fourth-order valence-electron chi connectivity index (χ4n) is 3.96. The second-order valence-electron chi connectivity index (χ2n) is 8.86. The van der Waals surface area contributed by atoms with Crippen molar-refractivity contribution in [1.29, 1.82) is 0 Å². The van der Waals surface area contributed by atoms with Crippen molar-refractivity contribution in [3.05, 3.63) is 65.5 Å². The van der Waals surface area contributed by atoms with E-state index in [4.69, 9.17) is 4.98 Å². The molecular weight excluding hydrogens is 372 g/mol. The number of aromatic nitrogens is 2. The Balaban J connectivity index is 2.06. The lowest BCUT2D eigenvalue weighted by molar-refractivity contribution is -0.0469. The minimum Gasteiger partial charge on any atom is -0.507 e. The van der Waals surface area contributed by atoms with Gasteiger partial charge >= 0.3 is 0 Å². The van der Waals surface area contributed by atoms with Crippen LogP contribution in [0, 0.1) is 25.7 Å². The fourth-order valence-corrected chi connectivity index (χ4v) is 3.96. The van der Waals surface area contributed by atoms with Gasteiger partial charge in [0.05, 0.1) is 17.0 Å². The summed E-state index contributed by atoms with van der Waals surface area (Å²) in [4.78, 5) is 9.38. The first kappa shape index (κ1) is 22.0. The lowest BCUT2D eigenvalue weighted by Crippen LogP contribution is -2.43. The molecule has 30 heavy (non-hydrogen) atoms. The molecule has 3 rings (SSSR count). The van der Waals surface area contributed by atoms with Gasteiger partial charge in [-0.05, 0) is 67.6 Å². The molecule has 0 saturated heterocycles. The van der Waals surface area contributed by atoms with E-state index in [0.717, 1.165) is 22.6 Å². The highest BCUT2D eigenvalue weighted by Gasteiger charge is 2.35. The van der Waals surface area contributed by atoms with Gasteiger partial charge in [-0.3, -0.25) is 9.97 Å². The van der Waals surface area contributed by atoms with Crippen LogP contribution < -0.4 is 0 Å². The van der Waals surface area contributed by atoms with Gasteiger partial charge in [-0.2, -0.15) is 0 Å². The zero-order chi connectivity index (χ0) is 22.1. The molecular formula is C26H32N2O2. The molecule has 0 aliphatic carbocycles. The number of pyridine rings is 2. The van der Waals surface area contributed by atoms with Crippen molar-refractivity contribution in [2.45, 2.75) is 53.6 Å². The van der Waals surface area contributed by atoms with E-state index in [-0.39, 0.29) is 17.6 Å². The van der Waals surface area contributed by atoms with Crippen molar-refractivity contribution in [2.75, 3.05) is 0 Å². The van der Waals surface area contributed by atoms with Crippen LogP contribution in [0.5, 0.6) is 5.75 Å². The molecule has 0 saturated carbocycles. The predicted molar refractivity (Wildman–Crippen MR) is 122 cm³/mol. The average molecular weight is 405 g/mol. The Morgan fingerprint density at radius 1 is 0.833 bits per heavy atom. The smallest absolute Gasteiger partial charge is 0.134 e. The molecule has 0 bridgehead atoms. The predicted octanol–water partition coefficient (Wildman–Crippen LogP) is 5.72. The van der Waals surface area contributed by atoms with Gasteiger partial charge in [-0.1, -0.05) is 39.8 Å². The molecule has 0 radical (unpaired) electrons. The van der Waals surface area contributed by atoms with E-state index in [1.807, 2.05) is 90.1 Å². The van der Waals surface area contributed by atoms with Gasteiger partial charge in [0.15, 0.2) is 0 Å². The highest BCUT2D eigenvalue weighted by molar-refractivity contribution is 5.80. The maximum Gasteiger partial charge on any atom is 0.134 e. The van der Waals surface area contributed by atoms with Crippen LogP contribution in [0.15, 0.2) is 48.5 Å². The van der Waals surface area contributed by atoms with Crippen molar-refractivity contribution in [2.24, 2.45) is 11.8 Å². The summed E-state index contributed by atoms with van der Waals surface area (Å²) in [6.45, 7) is 12.1. The summed E-state index contributed by atoms with van der Waals surface area (Å²) in [5, 5.41) is 22.3. The second kappa shape index (κ2) is 8.57. The van der Waals surface area contributed by atoms with Gasteiger partial charge in [0.1, 0.15) is 5.75 Å². The zero-order valence-electron chi connectivity index (χ0n) is 18.8. The molecule has 0 aliphatic heterocycles. The van der Waals surface area contributed by atoms with E-state index in [0.29, 0.717) is 23.2 Å².